The summed E-state index contributed by atoms with van der Waals surface area (Å²) < 4.78 is 0. The lowest BCUT2D eigenvalue weighted by molar-refractivity contribution is 0.954. The lowest BCUT2D eigenvalue weighted by Gasteiger charge is -1.97. The molecule has 0 radical (unpaired) electrons. The molecule has 0 aliphatic heterocycles. The van der Waals surface area contributed by atoms with E-state index >= 15 is 0 Å². The third kappa shape index (κ3) is 1.12. The molecule has 1 aliphatic rings. The van der Waals surface area contributed by atoms with Crippen molar-refractivity contribution in [1.29, 1.82) is 0 Å². The molecule has 0 bridgehead atoms. The van der Waals surface area contributed by atoms with Crippen LogP contribution in [0.4, 0.5) is 0 Å². The van der Waals surface area contributed by atoms with Crippen LogP contribution in [0.3, 0.4) is 0 Å². The van der Waals surface area contributed by atoms with Gasteiger partial charge in [0.1, 0.15) is 0 Å². The van der Waals surface area contributed by atoms with E-state index in [1.54, 1.807) is 0 Å². The molecular weight excluding hydrogens is 105 g/mol. The predicted molar refractivity (Wildman–Crippen MR) is 34.9 cm³/mol. The first-order chi connectivity index (χ1) is 3.43. The van der Waals surface area contributed by atoms with E-state index in [-0.39, 0.29) is 0 Å². The highest BCUT2D eigenvalue weighted by Gasteiger charge is 1.95. The smallest absolute Gasteiger partial charge is 0.0471 e. The van der Waals surface area contributed by atoms with E-state index < -0.39 is 0 Å². The molecule has 0 amide bonds. The van der Waals surface area contributed by atoms with E-state index in [1.807, 2.05) is 12.2 Å². The first-order valence-electron chi connectivity index (χ1n) is 2.24. The van der Waals surface area contributed by atoms with E-state index in [0.717, 1.165) is 0 Å². The Labute approximate surface area is 45.7 Å². The van der Waals surface area contributed by atoms with Crippen LogP contribution in [0, 0.1) is 0 Å². The van der Waals surface area contributed by atoms with Crippen LogP contribution < -0.4 is 5.09 Å². The zero-order valence-electron chi connectivity index (χ0n) is 3.96. The average molecular weight is 113 g/mol. The zero-order chi connectivity index (χ0) is 5.11. The zero-order valence-corrected chi connectivity index (χ0v) is 5.12. The normalized spacial score (nSPS) is 19.0. The number of allylic oxidation sites excluding steroid dienone is 2. The summed E-state index contributed by atoms with van der Waals surface area (Å²) in [6.07, 6.45) is 8.24. The van der Waals surface area contributed by atoms with E-state index in [1.165, 1.54) is 0 Å². The third-order valence-electron chi connectivity index (χ3n) is 0.940. The SMILES string of the molecule is PNC1C=CC=C1. The van der Waals surface area contributed by atoms with E-state index in [9.17, 15) is 0 Å². The molecule has 0 saturated heterocycles. The van der Waals surface area contributed by atoms with Crippen molar-refractivity contribution in [1.82, 2.24) is 5.09 Å². The van der Waals surface area contributed by atoms with Crippen LogP contribution in [0.15, 0.2) is 24.3 Å². The Balaban J connectivity index is 2.44. The molecule has 2 heteroatoms. The van der Waals surface area contributed by atoms with Crippen LogP contribution in [0.5, 0.6) is 0 Å². The van der Waals surface area contributed by atoms with E-state index in [4.69, 9.17) is 0 Å². The molecule has 0 heterocycles. The molecule has 1 rings (SSSR count). The highest BCUT2D eigenvalue weighted by Crippen LogP contribution is 1.99. The number of hydrogen-bond donors (Lipinski definition) is 1. The van der Waals surface area contributed by atoms with Gasteiger partial charge < -0.3 is 0 Å². The van der Waals surface area contributed by atoms with Crippen molar-refractivity contribution < 1.29 is 0 Å². The van der Waals surface area contributed by atoms with E-state index in [2.05, 4.69) is 26.6 Å². The van der Waals surface area contributed by atoms with Crippen molar-refractivity contribution in [2.75, 3.05) is 0 Å². The first-order valence-corrected chi connectivity index (χ1v) is 2.82. The van der Waals surface area contributed by atoms with Crippen LogP contribution in [-0.4, -0.2) is 6.04 Å². The predicted octanol–water partition coefficient (Wildman–Crippen LogP) is 0.861. The van der Waals surface area contributed by atoms with Crippen LogP contribution >= 0.6 is 9.39 Å². The Kier molecular flexibility index (Phi) is 1.61. The lowest BCUT2D eigenvalue weighted by Crippen LogP contribution is -2.10. The van der Waals surface area contributed by atoms with Gasteiger partial charge in [-0.05, 0) is 0 Å². The van der Waals surface area contributed by atoms with Gasteiger partial charge in [0.25, 0.3) is 0 Å². The quantitative estimate of drug-likeness (QED) is 0.497. The number of nitrogens with one attached hydrogen (secondary N) is 1. The Morgan fingerprint density at radius 2 is 1.86 bits per heavy atom. The maximum atomic E-state index is 3.01. The van der Waals surface area contributed by atoms with Gasteiger partial charge in [0, 0.05) is 6.04 Å². The third-order valence-corrected chi connectivity index (χ3v) is 1.33. The van der Waals surface area contributed by atoms with Crippen molar-refractivity contribution >= 4 is 9.39 Å². The molecular formula is C5H8NP. The monoisotopic (exact) mass is 113 g/mol. The minimum absolute atomic E-state index is 0.449. The Bertz CT molecular complexity index is 94.6. The fourth-order valence-electron chi connectivity index (χ4n) is 0.543. The van der Waals surface area contributed by atoms with Crippen LogP contribution in [-0.2, 0) is 0 Å². The van der Waals surface area contributed by atoms with Gasteiger partial charge >= 0.3 is 0 Å². The second-order valence-electron chi connectivity index (χ2n) is 1.46. The van der Waals surface area contributed by atoms with Crippen molar-refractivity contribution in [3.8, 4) is 0 Å². The van der Waals surface area contributed by atoms with Crippen molar-refractivity contribution in [2.24, 2.45) is 0 Å². The van der Waals surface area contributed by atoms with Gasteiger partial charge in [0.2, 0.25) is 0 Å². The first kappa shape index (κ1) is 5.02. The Hall–Kier alpha value is -0.130. The molecule has 1 unspecified atom stereocenters. The van der Waals surface area contributed by atoms with Crippen molar-refractivity contribution in [3.63, 3.8) is 0 Å². The van der Waals surface area contributed by atoms with Gasteiger partial charge in [-0.25, -0.2) is 0 Å². The summed E-state index contributed by atoms with van der Waals surface area (Å²) in [5.41, 5.74) is 0. The summed E-state index contributed by atoms with van der Waals surface area (Å²) in [5, 5.41) is 3.01. The van der Waals surface area contributed by atoms with Crippen LogP contribution in [0.1, 0.15) is 0 Å². The standard InChI is InChI=1S/C5H8NP/c7-6-5-3-1-2-4-5/h1-6H,7H2. The fourth-order valence-corrected chi connectivity index (χ4v) is 0.765. The van der Waals surface area contributed by atoms with E-state index in [0.29, 0.717) is 6.04 Å². The van der Waals surface area contributed by atoms with Gasteiger partial charge in [-0.15, -0.1) is 0 Å². The van der Waals surface area contributed by atoms with Gasteiger partial charge in [-0.3, -0.25) is 5.09 Å². The van der Waals surface area contributed by atoms with Gasteiger partial charge in [0.15, 0.2) is 0 Å². The van der Waals surface area contributed by atoms with Crippen molar-refractivity contribution in [2.45, 2.75) is 6.04 Å². The molecule has 0 aromatic heterocycles. The summed E-state index contributed by atoms with van der Waals surface area (Å²) in [5.74, 6) is 0. The molecule has 0 saturated carbocycles. The van der Waals surface area contributed by atoms with Crippen molar-refractivity contribution in [3.05, 3.63) is 24.3 Å². The topological polar surface area (TPSA) is 12.0 Å². The maximum Gasteiger partial charge on any atom is 0.0471 e. The minimum Gasteiger partial charge on any atom is -0.291 e. The second kappa shape index (κ2) is 2.25. The van der Waals surface area contributed by atoms with Crippen LogP contribution in [0.25, 0.3) is 0 Å². The molecule has 1 atom stereocenters. The highest BCUT2D eigenvalue weighted by molar-refractivity contribution is 7.13. The largest absolute Gasteiger partial charge is 0.291 e. The second-order valence-corrected chi connectivity index (χ2v) is 1.80. The lowest BCUT2D eigenvalue weighted by atomic mass is 10.4. The molecule has 1 nitrogen and oxygen atoms in total. The Morgan fingerprint density at radius 3 is 2.14 bits per heavy atom. The van der Waals surface area contributed by atoms with Gasteiger partial charge in [-0.2, -0.15) is 0 Å². The average Bonchev–Trinajstić information content (AvgIpc) is 2.14. The molecule has 1 N–H and O–H groups in total. The maximum absolute atomic E-state index is 3.01. The minimum atomic E-state index is 0.449. The molecule has 38 valence electrons. The molecule has 0 aromatic carbocycles. The van der Waals surface area contributed by atoms with Gasteiger partial charge in [-0.1, -0.05) is 33.7 Å². The van der Waals surface area contributed by atoms with Gasteiger partial charge in [0.05, 0.1) is 0 Å². The fraction of sp³-hybridized carbons (Fsp3) is 0.200. The summed E-state index contributed by atoms with van der Waals surface area (Å²) >= 11 is 0. The summed E-state index contributed by atoms with van der Waals surface area (Å²) in [4.78, 5) is 0. The summed E-state index contributed by atoms with van der Waals surface area (Å²) in [6.45, 7) is 0. The molecule has 7 heavy (non-hydrogen) atoms. The van der Waals surface area contributed by atoms with Crippen LogP contribution in [0.2, 0.25) is 0 Å². The summed E-state index contributed by atoms with van der Waals surface area (Å²) in [6, 6.07) is 0.449. The Morgan fingerprint density at radius 1 is 1.29 bits per heavy atom. The number of hydrogen-bond acceptors (Lipinski definition) is 1. The summed E-state index contributed by atoms with van der Waals surface area (Å²) in [7, 11) is 2.47. The molecule has 0 spiro atoms. The molecule has 0 aromatic rings. The highest BCUT2D eigenvalue weighted by atomic mass is 31.0. The molecule has 0 fully saturated rings. The number of rotatable bonds is 1. The molecule has 1 aliphatic carbocycles.